The predicted molar refractivity (Wildman–Crippen MR) is 95.2 cm³/mol. The van der Waals surface area contributed by atoms with Crippen LogP contribution in [0.25, 0.3) is 0 Å². The first-order valence-electron chi connectivity index (χ1n) is 8.78. The van der Waals surface area contributed by atoms with Crippen molar-refractivity contribution in [3.05, 3.63) is 28.8 Å². The van der Waals surface area contributed by atoms with E-state index in [1.165, 1.54) is 5.56 Å². The second-order valence-corrected chi connectivity index (χ2v) is 7.24. The van der Waals surface area contributed by atoms with Gasteiger partial charge in [-0.15, -0.1) is 0 Å². The van der Waals surface area contributed by atoms with E-state index in [-0.39, 0.29) is 23.8 Å². The van der Waals surface area contributed by atoms with Crippen molar-refractivity contribution in [2.45, 2.75) is 40.2 Å². The van der Waals surface area contributed by atoms with E-state index in [0.29, 0.717) is 13.0 Å². The number of amides is 2. The van der Waals surface area contributed by atoms with Crippen LogP contribution in [0.5, 0.6) is 0 Å². The zero-order valence-corrected chi connectivity index (χ0v) is 15.1. The largest absolute Gasteiger partial charge is 0.337 e. The van der Waals surface area contributed by atoms with Crippen LogP contribution in [0.15, 0.2) is 12.1 Å². The van der Waals surface area contributed by atoms with E-state index < -0.39 is 0 Å². The Labute approximate surface area is 144 Å². The Balaban J connectivity index is 1.80. The first-order valence-corrected chi connectivity index (χ1v) is 8.78. The van der Waals surface area contributed by atoms with Gasteiger partial charge in [0.1, 0.15) is 0 Å². The number of nitrogens with zero attached hydrogens (tertiary/aromatic N) is 2. The summed E-state index contributed by atoms with van der Waals surface area (Å²) in [5.41, 5.74) is 4.38. The Morgan fingerprint density at radius 2 is 1.88 bits per heavy atom. The number of hydrogen-bond donors (Lipinski definition) is 1. The Hall–Kier alpha value is -1.88. The third-order valence-corrected chi connectivity index (χ3v) is 5.16. The van der Waals surface area contributed by atoms with Gasteiger partial charge in [-0.1, -0.05) is 17.7 Å². The molecule has 0 bridgehead atoms. The Morgan fingerprint density at radius 1 is 1.21 bits per heavy atom. The van der Waals surface area contributed by atoms with Crippen molar-refractivity contribution in [2.24, 2.45) is 5.92 Å². The molecule has 1 aromatic carbocycles. The quantitative estimate of drug-likeness (QED) is 0.900. The maximum atomic E-state index is 12.9. The lowest BCUT2D eigenvalue weighted by Gasteiger charge is -2.35. The van der Waals surface area contributed by atoms with Gasteiger partial charge in [-0.2, -0.15) is 0 Å². The smallest absolute Gasteiger partial charge is 0.228 e. The van der Waals surface area contributed by atoms with Crippen molar-refractivity contribution in [3.8, 4) is 0 Å². The monoisotopic (exact) mass is 329 g/mol. The minimum atomic E-state index is -0.224. The van der Waals surface area contributed by atoms with Crippen molar-refractivity contribution in [3.63, 3.8) is 0 Å². The molecule has 24 heavy (non-hydrogen) atoms. The van der Waals surface area contributed by atoms with Crippen LogP contribution in [-0.4, -0.2) is 48.9 Å². The minimum absolute atomic E-state index is 0.0613. The highest BCUT2D eigenvalue weighted by atomic mass is 16.2. The molecule has 2 atom stereocenters. The van der Waals surface area contributed by atoms with E-state index in [0.717, 1.165) is 36.4 Å². The molecule has 2 aliphatic heterocycles. The average Bonchev–Trinajstić information content (AvgIpc) is 2.88. The predicted octanol–water partition coefficient (Wildman–Crippen LogP) is 1.79. The number of benzene rings is 1. The van der Waals surface area contributed by atoms with Crippen molar-refractivity contribution >= 4 is 17.5 Å². The molecule has 130 valence electrons. The number of carbonyl (C=O) groups is 2. The van der Waals surface area contributed by atoms with Gasteiger partial charge < -0.3 is 15.1 Å². The minimum Gasteiger partial charge on any atom is -0.337 e. The van der Waals surface area contributed by atoms with Crippen LogP contribution in [0, 0.1) is 26.7 Å². The average molecular weight is 329 g/mol. The molecule has 0 aliphatic carbocycles. The van der Waals surface area contributed by atoms with E-state index in [1.54, 1.807) is 0 Å². The van der Waals surface area contributed by atoms with E-state index >= 15 is 0 Å². The van der Waals surface area contributed by atoms with E-state index in [1.807, 2.05) is 23.6 Å². The van der Waals surface area contributed by atoms with Gasteiger partial charge in [0.05, 0.1) is 5.92 Å². The van der Waals surface area contributed by atoms with Crippen LogP contribution in [0.3, 0.4) is 0 Å². The van der Waals surface area contributed by atoms with Crippen molar-refractivity contribution in [2.75, 3.05) is 31.1 Å². The van der Waals surface area contributed by atoms with Gasteiger partial charge in [-0.05, 0) is 38.8 Å². The first-order chi connectivity index (χ1) is 11.4. The van der Waals surface area contributed by atoms with E-state index in [9.17, 15) is 9.59 Å². The van der Waals surface area contributed by atoms with E-state index in [4.69, 9.17) is 0 Å². The van der Waals surface area contributed by atoms with Crippen molar-refractivity contribution in [1.29, 1.82) is 0 Å². The number of carbonyl (C=O) groups excluding carboxylic acids is 2. The van der Waals surface area contributed by atoms with Gasteiger partial charge >= 0.3 is 0 Å². The molecule has 0 spiro atoms. The Kier molecular flexibility index (Phi) is 4.63. The fourth-order valence-electron chi connectivity index (χ4n) is 4.09. The van der Waals surface area contributed by atoms with Crippen LogP contribution >= 0.6 is 0 Å². The second-order valence-electron chi connectivity index (χ2n) is 7.24. The molecule has 5 heteroatoms. The Bertz CT molecular complexity index is 648. The zero-order chi connectivity index (χ0) is 17.4. The molecule has 0 saturated carbocycles. The molecule has 2 fully saturated rings. The highest BCUT2D eigenvalue weighted by Crippen LogP contribution is 2.32. The SMILES string of the molecule is Cc1cc(C)c(N2CC(C(=O)N3CCNCC3C)CC2=O)c(C)c1. The lowest BCUT2D eigenvalue weighted by atomic mass is 10.0. The van der Waals surface area contributed by atoms with Crippen LogP contribution in [0.1, 0.15) is 30.0 Å². The van der Waals surface area contributed by atoms with Crippen LogP contribution in [-0.2, 0) is 9.59 Å². The van der Waals surface area contributed by atoms with E-state index in [2.05, 4.69) is 31.3 Å². The molecule has 2 saturated heterocycles. The van der Waals surface area contributed by atoms with Crippen molar-refractivity contribution < 1.29 is 9.59 Å². The fourth-order valence-corrected chi connectivity index (χ4v) is 4.09. The Morgan fingerprint density at radius 3 is 2.50 bits per heavy atom. The standard InChI is InChI=1S/C19H27N3O2/c1-12-7-13(2)18(14(3)8-12)22-11-16(9-17(22)23)19(24)21-6-5-20-10-15(21)4/h7-8,15-16,20H,5-6,9-11H2,1-4H3. The van der Waals surface area contributed by atoms with Crippen LogP contribution in [0.2, 0.25) is 0 Å². The lowest BCUT2D eigenvalue weighted by molar-refractivity contribution is -0.138. The summed E-state index contributed by atoms with van der Waals surface area (Å²) >= 11 is 0. The van der Waals surface area contributed by atoms with Gasteiger partial charge in [0.15, 0.2) is 0 Å². The molecule has 0 aromatic heterocycles. The van der Waals surface area contributed by atoms with Crippen LogP contribution < -0.4 is 10.2 Å². The highest BCUT2D eigenvalue weighted by molar-refractivity contribution is 6.01. The van der Waals surface area contributed by atoms with Gasteiger partial charge in [-0.3, -0.25) is 9.59 Å². The number of nitrogens with one attached hydrogen (secondary N) is 1. The number of hydrogen-bond acceptors (Lipinski definition) is 3. The number of anilines is 1. The summed E-state index contributed by atoms with van der Waals surface area (Å²) < 4.78 is 0. The summed E-state index contributed by atoms with van der Waals surface area (Å²) in [6.07, 6.45) is 0.322. The normalized spacial score (nSPS) is 24.6. The molecule has 2 aliphatic rings. The summed E-state index contributed by atoms with van der Waals surface area (Å²) in [6, 6.07) is 4.39. The molecule has 1 aromatic rings. The topological polar surface area (TPSA) is 52.7 Å². The fraction of sp³-hybridized carbons (Fsp3) is 0.579. The highest BCUT2D eigenvalue weighted by Gasteiger charge is 2.39. The maximum Gasteiger partial charge on any atom is 0.228 e. The first kappa shape index (κ1) is 17.0. The summed E-state index contributed by atoms with van der Waals surface area (Å²) in [5, 5.41) is 3.30. The molecule has 2 unspecified atom stereocenters. The molecule has 5 nitrogen and oxygen atoms in total. The third kappa shape index (κ3) is 3.05. The van der Waals surface area contributed by atoms with Crippen molar-refractivity contribution in [1.82, 2.24) is 10.2 Å². The molecular weight excluding hydrogens is 302 g/mol. The summed E-state index contributed by atoms with van der Waals surface area (Å²) in [4.78, 5) is 29.2. The molecule has 2 heterocycles. The van der Waals surface area contributed by atoms with Crippen LogP contribution in [0.4, 0.5) is 5.69 Å². The molecule has 1 N–H and O–H groups in total. The van der Waals surface area contributed by atoms with Gasteiger partial charge in [0, 0.05) is 44.3 Å². The molecule has 0 radical (unpaired) electrons. The summed E-state index contributed by atoms with van der Waals surface area (Å²) in [6.45, 7) is 11.1. The molecule has 3 rings (SSSR count). The van der Waals surface area contributed by atoms with Gasteiger partial charge in [-0.25, -0.2) is 0 Å². The number of rotatable bonds is 2. The zero-order valence-electron chi connectivity index (χ0n) is 15.1. The maximum absolute atomic E-state index is 12.9. The van der Waals surface area contributed by atoms with Gasteiger partial charge in [0.25, 0.3) is 0 Å². The molecular formula is C19H27N3O2. The molecule has 2 amide bonds. The summed E-state index contributed by atoms with van der Waals surface area (Å²) in [5.74, 6) is -0.0355. The third-order valence-electron chi connectivity index (χ3n) is 5.16. The number of piperazine rings is 1. The second kappa shape index (κ2) is 6.55. The van der Waals surface area contributed by atoms with Gasteiger partial charge in [0.2, 0.25) is 11.8 Å². The number of aryl methyl sites for hydroxylation is 3. The lowest BCUT2D eigenvalue weighted by Crippen LogP contribution is -2.54. The summed E-state index contributed by atoms with van der Waals surface area (Å²) in [7, 11) is 0.